The quantitative estimate of drug-likeness (QED) is 0.642. The predicted octanol–water partition coefficient (Wildman–Crippen LogP) is 2.66. The standard InChI is InChI=1S/C15H32N2O/c1-5-15(3,17-11-7-8-12-17)14(16-6-2)10-9-13-18-4/h14,16H,5-13H2,1-4H3. The molecule has 1 fully saturated rings. The van der Waals surface area contributed by atoms with Crippen molar-refractivity contribution in [2.45, 2.75) is 64.5 Å². The summed E-state index contributed by atoms with van der Waals surface area (Å²) in [5.74, 6) is 0. The van der Waals surface area contributed by atoms with Gasteiger partial charge in [0.25, 0.3) is 0 Å². The Balaban J connectivity index is 2.64. The Hall–Kier alpha value is -0.120. The Morgan fingerprint density at radius 1 is 1.28 bits per heavy atom. The smallest absolute Gasteiger partial charge is 0.0462 e. The van der Waals surface area contributed by atoms with Crippen LogP contribution in [0.2, 0.25) is 0 Å². The SMILES string of the molecule is CCNC(CCCOC)C(C)(CC)N1CCCC1. The van der Waals surface area contributed by atoms with Crippen molar-refractivity contribution in [3.8, 4) is 0 Å². The van der Waals surface area contributed by atoms with Gasteiger partial charge in [-0.25, -0.2) is 0 Å². The molecule has 1 aliphatic rings. The molecule has 0 aromatic heterocycles. The van der Waals surface area contributed by atoms with E-state index < -0.39 is 0 Å². The number of hydrogen-bond acceptors (Lipinski definition) is 3. The van der Waals surface area contributed by atoms with Crippen molar-refractivity contribution in [2.24, 2.45) is 0 Å². The van der Waals surface area contributed by atoms with Crippen LogP contribution in [0, 0.1) is 0 Å². The maximum Gasteiger partial charge on any atom is 0.0462 e. The summed E-state index contributed by atoms with van der Waals surface area (Å²) < 4.78 is 5.20. The van der Waals surface area contributed by atoms with Gasteiger partial charge in [0.05, 0.1) is 0 Å². The van der Waals surface area contributed by atoms with Crippen molar-refractivity contribution in [2.75, 3.05) is 33.4 Å². The second-order valence-corrected chi connectivity index (χ2v) is 5.65. The highest BCUT2D eigenvalue weighted by atomic mass is 16.5. The van der Waals surface area contributed by atoms with Gasteiger partial charge in [-0.3, -0.25) is 4.90 Å². The number of likely N-dealkylation sites (tertiary alicyclic amines) is 1. The van der Waals surface area contributed by atoms with Crippen LogP contribution in [0.5, 0.6) is 0 Å². The molecule has 0 amide bonds. The van der Waals surface area contributed by atoms with E-state index in [4.69, 9.17) is 4.74 Å². The summed E-state index contributed by atoms with van der Waals surface area (Å²) >= 11 is 0. The van der Waals surface area contributed by atoms with Crippen LogP contribution < -0.4 is 5.32 Å². The van der Waals surface area contributed by atoms with Crippen molar-refractivity contribution in [1.82, 2.24) is 10.2 Å². The van der Waals surface area contributed by atoms with E-state index in [-0.39, 0.29) is 0 Å². The summed E-state index contributed by atoms with van der Waals surface area (Å²) in [6.45, 7) is 11.5. The Morgan fingerprint density at radius 2 is 1.94 bits per heavy atom. The van der Waals surface area contributed by atoms with Gasteiger partial charge in [-0.1, -0.05) is 13.8 Å². The maximum absolute atomic E-state index is 5.20. The second-order valence-electron chi connectivity index (χ2n) is 5.65. The first-order valence-corrected chi connectivity index (χ1v) is 7.66. The van der Waals surface area contributed by atoms with Crippen molar-refractivity contribution in [3.63, 3.8) is 0 Å². The largest absolute Gasteiger partial charge is 0.385 e. The Morgan fingerprint density at radius 3 is 2.44 bits per heavy atom. The molecule has 0 aromatic carbocycles. The minimum absolute atomic E-state index is 0.306. The topological polar surface area (TPSA) is 24.5 Å². The number of hydrogen-bond donors (Lipinski definition) is 1. The molecular formula is C15H32N2O. The highest BCUT2D eigenvalue weighted by Crippen LogP contribution is 2.30. The lowest BCUT2D eigenvalue weighted by molar-refractivity contribution is 0.0754. The van der Waals surface area contributed by atoms with E-state index in [9.17, 15) is 0 Å². The van der Waals surface area contributed by atoms with Gasteiger partial charge in [0.2, 0.25) is 0 Å². The van der Waals surface area contributed by atoms with E-state index in [1.807, 2.05) is 0 Å². The fraction of sp³-hybridized carbons (Fsp3) is 1.00. The summed E-state index contributed by atoms with van der Waals surface area (Å²) in [6.07, 6.45) is 6.32. The fourth-order valence-corrected chi connectivity index (χ4v) is 3.23. The minimum Gasteiger partial charge on any atom is -0.385 e. The van der Waals surface area contributed by atoms with Gasteiger partial charge in [-0.15, -0.1) is 0 Å². The summed E-state index contributed by atoms with van der Waals surface area (Å²) in [4.78, 5) is 2.70. The zero-order valence-corrected chi connectivity index (χ0v) is 12.8. The molecule has 1 aliphatic heterocycles. The highest BCUT2D eigenvalue weighted by Gasteiger charge is 2.38. The van der Waals surface area contributed by atoms with Crippen molar-refractivity contribution < 1.29 is 4.74 Å². The molecule has 0 aliphatic carbocycles. The van der Waals surface area contributed by atoms with Gasteiger partial charge >= 0.3 is 0 Å². The van der Waals surface area contributed by atoms with Crippen LogP contribution in [0.3, 0.4) is 0 Å². The zero-order chi connectivity index (χ0) is 13.4. The second kappa shape index (κ2) is 8.13. The molecule has 2 unspecified atom stereocenters. The molecule has 1 rings (SSSR count). The molecule has 18 heavy (non-hydrogen) atoms. The molecular weight excluding hydrogens is 224 g/mol. The van der Waals surface area contributed by atoms with Crippen LogP contribution in [-0.4, -0.2) is 49.8 Å². The van der Waals surface area contributed by atoms with E-state index >= 15 is 0 Å². The molecule has 1 N–H and O–H groups in total. The van der Waals surface area contributed by atoms with Crippen LogP contribution in [0.25, 0.3) is 0 Å². The number of nitrogens with zero attached hydrogens (tertiary/aromatic N) is 1. The third-order valence-corrected chi connectivity index (χ3v) is 4.59. The Bertz CT molecular complexity index is 217. The summed E-state index contributed by atoms with van der Waals surface area (Å²) in [5, 5.41) is 3.71. The molecule has 0 aromatic rings. The van der Waals surface area contributed by atoms with Crippen LogP contribution in [0.1, 0.15) is 52.9 Å². The van der Waals surface area contributed by atoms with Gasteiger partial charge in [0, 0.05) is 25.3 Å². The Labute approximate surface area is 113 Å². The number of ether oxygens (including phenoxy) is 1. The third-order valence-electron chi connectivity index (χ3n) is 4.59. The fourth-order valence-electron chi connectivity index (χ4n) is 3.23. The lowest BCUT2D eigenvalue weighted by Crippen LogP contribution is -2.58. The number of methoxy groups -OCH3 is 1. The van der Waals surface area contributed by atoms with Crippen molar-refractivity contribution >= 4 is 0 Å². The monoisotopic (exact) mass is 256 g/mol. The van der Waals surface area contributed by atoms with Gasteiger partial charge < -0.3 is 10.1 Å². The van der Waals surface area contributed by atoms with Gasteiger partial charge in [0.1, 0.15) is 0 Å². The summed E-state index contributed by atoms with van der Waals surface area (Å²) in [6, 6.07) is 0.584. The molecule has 0 spiro atoms. The number of rotatable bonds is 9. The normalized spacial score (nSPS) is 22.0. The first-order valence-electron chi connectivity index (χ1n) is 7.66. The van der Waals surface area contributed by atoms with Gasteiger partial charge in [-0.2, -0.15) is 0 Å². The molecule has 0 bridgehead atoms. The summed E-state index contributed by atoms with van der Waals surface area (Å²) in [5.41, 5.74) is 0.306. The minimum atomic E-state index is 0.306. The molecule has 1 saturated heterocycles. The lowest BCUT2D eigenvalue weighted by atomic mass is 9.84. The Kier molecular flexibility index (Phi) is 7.20. The molecule has 0 saturated carbocycles. The van der Waals surface area contributed by atoms with E-state index in [1.165, 1.54) is 38.8 Å². The maximum atomic E-state index is 5.20. The summed E-state index contributed by atoms with van der Waals surface area (Å²) in [7, 11) is 1.79. The third kappa shape index (κ3) is 3.94. The molecule has 0 radical (unpaired) electrons. The average Bonchev–Trinajstić information content (AvgIpc) is 2.91. The van der Waals surface area contributed by atoms with Gasteiger partial charge in [-0.05, 0) is 58.7 Å². The van der Waals surface area contributed by atoms with Crippen LogP contribution in [-0.2, 0) is 4.74 Å². The van der Waals surface area contributed by atoms with Crippen molar-refractivity contribution in [3.05, 3.63) is 0 Å². The average molecular weight is 256 g/mol. The molecule has 3 heteroatoms. The molecule has 108 valence electrons. The van der Waals surface area contributed by atoms with E-state index in [0.29, 0.717) is 11.6 Å². The van der Waals surface area contributed by atoms with E-state index in [2.05, 4.69) is 31.0 Å². The van der Waals surface area contributed by atoms with Crippen LogP contribution >= 0.6 is 0 Å². The first kappa shape index (κ1) is 15.9. The van der Waals surface area contributed by atoms with Crippen LogP contribution in [0.15, 0.2) is 0 Å². The lowest BCUT2D eigenvalue weighted by Gasteiger charge is -2.45. The molecule has 3 nitrogen and oxygen atoms in total. The zero-order valence-electron chi connectivity index (χ0n) is 12.8. The number of nitrogens with one attached hydrogen (secondary N) is 1. The molecule has 2 atom stereocenters. The molecule has 1 heterocycles. The van der Waals surface area contributed by atoms with Gasteiger partial charge in [0.15, 0.2) is 0 Å². The predicted molar refractivity (Wildman–Crippen MR) is 78.1 cm³/mol. The van der Waals surface area contributed by atoms with Crippen LogP contribution in [0.4, 0.5) is 0 Å². The van der Waals surface area contributed by atoms with E-state index in [0.717, 1.165) is 19.6 Å². The highest BCUT2D eigenvalue weighted by molar-refractivity contribution is 4.97. The number of likely N-dealkylation sites (N-methyl/N-ethyl adjacent to an activating group) is 1. The van der Waals surface area contributed by atoms with Crippen molar-refractivity contribution in [1.29, 1.82) is 0 Å². The first-order chi connectivity index (χ1) is 8.69. The van der Waals surface area contributed by atoms with E-state index in [1.54, 1.807) is 7.11 Å².